The van der Waals surface area contributed by atoms with Crippen molar-refractivity contribution in [2.24, 2.45) is 70.1 Å². The number of hydrogen-bond acceptors (Lipinski definition) is 25. The molecule has 672 valence electrons. The standard InChI is InChI=1S/C26H49N2O6P.C24H38O5.C17H32O5.C13H20O2.C11H17NO4/c1-19(2)28(20(3)4)35(33-17-13-14-27)32-16-12-10-9-11-15-30-26-23(7)21(5)22(6)25(34-26)18-31-24(8)29;1-18-19(2)23(17-28-21(4)25)29-24(20(18)3)27-15-11-6-5-10-14-26-16-22-12-8-7-9-13-22;1-12-13(2)16(11-21-15(4)19)22-17(14(12)3)20-10-8-6-5-7-9-18;14-10-6-1-2-7-11-15-12-13-8-4-3-5-9-13;1-5-6(2)10(15-8(4)13)16-11-9(5)12-7(3)14-11/h19-23,25-26H,9-13,15-18H2,1-8H3;7-9,12-13,18-20,23-24H,5-6,10-11,14-17H2,1-4H3;12-14,16-18H,5-11H2,1-4H3;3-5,8-9,14H,1-2,6-7,10-12H2;5-6,9-11H,1-4H3/t21-,22+,23?,25?,26+,35?;18-,19+,20?,23?,24+;12-,13+,14?,16?,17+;;5-,6+,9?,10?,11+/m000.0/s1. The lowest BCUT2D eigenvalue weighted by Crippen LogP contribution is -2.48. The molecule has 4 fully saturated rings. The van der Waals surface area contributed by atoms with E-state index in [1.165, 1.54) is 38.8 Å². The van der Waals surface area contributed by atoms with Gasteiger partial charge in [-0.15, -0.1) is 0 Å². The van der Waals surface area contributed by atoms with Crippen molar-refractivity contribution in [1.29, 1.82) is 5.26 Å². The van der Waals surface area contributed by atoms with Crippen molar-refractivity contribution in [1.82, 2.24) is 4.67 Å². The van der Waals surface area contributed by atoms with Gasteiger partial charge in [0.05, 0.1) is 57.2 Å². The van der Waals surface area contributed by atoms with Gasteiger partial charge in [-0.1, -0.05) is 188 Å². The molecule has 5 aliphatic rings. The lowest BCUT2D eigenvalue weighted by atomic mass is 9.79. The molecular weight excluding hydrogens is 1520 g/mol. The molecule has 0 amide bonds. The van der Waals surface area contributed by atoms with Crippen LogP contribution >= 0.6 is 8.53 Å². The number of nitriles is 1. The predicted octanol–water partition coefficient (Wildman–Crippen LogP) is 17.9. The normalized spacial score (nSPS) is 27.5. The zero-order chi connectivity index (χ0) is 86.6. The van der Waals surface area contributed by atoms with Gasteiger partial charge in [0.15, 0.2) is 24.8 Å². The zero-order valence-electron chi connectivity index (χ0n) is 75.2. The Morgan fingerprint density at radius 2 is 0.778 bits per heavy atom. The number of unbranched alkanes of at least 4 members (excludes halogenated alkanes) is 12. The molecule has 4 saturated heterocycles. The van der Waals surface area contributed by atoms with Gasteiger partial charge in [-0.25, -0.2) is 9.66 Å². The third-order valence-corrected chi connectivity index (χ3v) is 25.1. The quantitative estimate of drug-likeness (QED) is 0.0269. The maximum Gasteiger partial charge on any atom is 0.304 e. The highest BCUT2D eigenvalue weighted by atomic mass is 31.2. The van der Waals surface area contributed by atoms with E-state index in [9.17, 15) is 19.2 Å². The topological polar surface area (TPSA) is 296 Å². The first kappa shape index (κ1) is 106. The molecule has 2 aromatic rings. The molecule has 26 heteroatoms. The molecule has 2 N–H and O–H groups in total. The van der Waals surface area contributed by atoms with Crippen LogP contribution in [0.2, 0.25) is 0 Å². The fourth-order valence-electron chi connectivity index (χ4n) is 14.4. The Morgan fingerprint density at radius 1 is 0.436 bits per heavy atom. The first-order valence-electron chi connectivity index (χ1n) is 43.9. The van der Waals surface area contributed by atoms with Crippen LogP contribution in [0.5, 0.6) is 0 Å². The van der Waals surface area contributed by atoms with E-state index in [0.717, 1.165) is 116 Å². The van der Waals surface area contributed by atoms with E-state index in [-0.39, 0.29) is 98.1 Å². The van der Waals surface area contributed by atoms with Gasteiger partial charge in [0.25, 0.3) is 8.53 Å². The van der Waals surface area contributed by atoms with Crippen LogP contribution in [0.3, 0.4) is 0 Å². The Hall–Kier alpha value is -4.85. The molecule has 7 rings (SSSR count). The maximum absolute atomic E-state index is 11.2. The molecule has 2 aromatic carbocycles. The van der Waals surface area contributed by atoms with Crippen LogP contribution in [0.4, 0.5) is 0 Å². The second-order valence-corrected chi connectivity index (χ2v) is 34.4. The molecule has 21 atom stereocenters. The predicted molar refractivity (Wildman–Crippen MR) is 454 cm³/mol. The van der Waals surface area contributed by atoms with Crippen LogP contribution in [0.15, 0.2) is 65.7 Å². The first-order chi connectivity index (χ1) is 56.0. The van der Waals surface area contributed by atoms with E-state index in [2.05, 4.69) is 137 Å². The number of aliphatic hydroxyl groups excluding tert-OH is 2. The molecular formula is C91H156N3O22P. The van der Waals surface area contributed by atoms with Crippen molar-refractivity contribution >= 4 is 38.3 Å². The molecule has 5 aliphatic heterocycles. The van der Waals surface area contributed by atoms with Gasteiger partial charge in [0, 0.05) is 117 Å². The molecule has 0 bridgehead atoms. The lowest BCUT2D eigenvalue weighted by molar-refractivity contribution is -0.267. The maximum atomic E-state index is 11.2. The number of nitrogens with zero attached hydrogens (tertiary/aromatic N) is 3. The van der Waals surface area contributed by atoms with E-state index in [1.807, 2.05) is 43.3 Å². The number of carbonyl (C=O) groups excluding carboxylic acids is 4. The summed E-state index contributed by atoms with van der Waals surface area (Å²) in [7, 11) is -1.17. The summed E-state index contributed by atoms with van der Waals surface area (Å²) in [5.74, 6) is 3.09. The fraction of sp³-hybridized carbons (Fsp3) is 0.802. The average Bonchev–Trinajstić information content (AvgIpc) is 1.44. The summed E-state index contributed by atoms with van der Waals surface area (Å²) in [5.41, 5.74) is 2.45. The Kier molecular flexibility index (Phi) is 56.6. The van der Waals surface area contributed by atoms with E-state index in [1.54, 1.807) is 6.92 Å². The number of hydrogen-bond donors (Lipinski definition) is 2. The van der Waals surface area contributed by atoms with Crippen LogP contribution in [0.25, 0.3) is 0 Å². The van der Waals surface area contributed by atoms with Crippen molar-refractivity contribution in [3.63, 3.8) is 0 Å². The molecule has 0 saturated carbocycles. The van der Waals surface area contributed by atoms with Gasteiger partial charge < -0.3 is 85.6 Å². The highest BCUT2D eigenvalue weighted by Gasteiger charge is 2.48. The third-order valence-electron chi connectivity index (χ3n) is 23.0. The number of esters is 4. The number of aliphatic hydroxyl groups is 2. The highest BCUT2D eigenvalue weighted by molar-refractivity contribution is 7.44. The Morgan fingerprint density at radius 3 is 1.12 bits per heavy atom. The highest BCUT2D eigenvalue weighted by Crippen LogP contribution is 2.47. The summed E-state index contributed by atoms with van der Waals surface area (Å²) < 4.78 is 93.5. The number of fused-ring (bicyclic) bond motifs is 1. The van der Waals surface area contributed by atoms with Crippen LogP contribution < -0.4 is 0 Å². The fourth-order valence-corrected chi connectivity index (χ4v) is 16.0. The van der Waals surface area contributed by atoms with E-state index in [4.69, 9.17) is 90.8 Å². The van der Waals surface area contributed by atoms with Gasteiger partial charge in [-0.2, -0.15) is 5.26 Å². The van der Waals surface area contributed by atoms with Gasteiger partial charge in [0.1, 0.15) is 25.9 Å². The van der Waals surface area contributed by atoms with Crippen LogP contribution in [-0.4, -0.2) is 192 Å². The number of aliphatic imine (C=N–C) groups is 1. The van der Waals surface area contributed by atoms with Gasteiger partial charge in [-0.3, -0.25) is 19.2 Å². The van der Waals surface area contributed by atoms with Gasteiger partial charge in [-0.05, 0) is 132 Å². The average molecular weight is 1680 g/mol. The van der Waals surface area contributed by atoms with Crippen LogP contribution in [0.1, 0.15) is 259 Å². The largest absolute Gasteiger partial charge is 0.463 e. The summed E-state index contributed by atoms with van der Waals surface area (Å²) in [5, 5.41) is 26.2. The van der Waals surface area contributed by atoms with Crippen molar-refractivity contribution in [2.45, 2.75) is 329 Å². The van der Waals surface area contributed by atoms with Crippen molar-refractivity contribution in [3.8, 4) is 6.07 Å². The molecule has 117 heavy (non-hydrogen) atoms. The van der Waals surface area contributed by atoms with Crippen LogP contribution in [0, 0.1) is 76.4 Å². The Balaban J connectivity index is 0.000000391. The summed E-state index contributed by atoms with van der Waals surface area (Å²) in [6.07, 6.45) is 14.9. The molecule has 0 aromatic heterocycles. The number of benzene rings is 2. The Bertz CT molecular complexity index is 2970. The van der Waals surface area contributed by atoms with Crippen molar-refractivity contribution in [3.05, 3.63) is 71.8 Å². The van der Waals surface area contributed by atoms with E-state index < -0.39 is 21.1 Å². The third kappa shape index (κ3) is 43.2. The van der Waals surface area contributed by atoms with Crippen LogP contribution in [-0.2, 0) is 108 Å². The van der Waals surface area contributed by atoms with E-state index in [0.29, 0.717) is 138 Å². The number of carbonyl (C=O) groups is 4. The molecule has 0 radical (unpaired) electrons. The molecule has 5 heterocycles. The van der Waals surface area contributed by atoms with Crippen molar-refractivity contribution < 1.29 is 105 Å². The number of ether oxygens (including phenoxy) is 14. The smallest absolute Gasteiger partial charge is 0.304 e. The molecule has 25 nitrogen and oxygen atoms in total. The summed E-state index contributed by atoms with van der Waals surface area (Å²) in [6, 6.07) is 23.3. The molecule has 9 unspecified atom stereocenters. The second kappa shape index (κ2) is 62.3. The number of rotatable bonds is 47. The minimum Gasteiger partial charge on any atom is -0.463 e. The summed E-state index contributed by atoms with van der Waals surface area (Å²) in [4.78, 5) is 48.6. The molecule has 0 spiro atoms. The monoisotopic (exact) mass is 1670 g/mol. The van der Waals surface area contributed by atoms with Gasteiger partial charge in [0.2, 0.25) is 12.6 Å². The summed E-state index contributed by atoms with van der Waals surface area (Å²) >= 11 is 0. The minimum absolute atomic E-state index is 0.0156. The zero-order valence-corrected chi connectivity index (χ0v) is 76.1. The van der Waals surface area contributed by atoms with E-state index >= 15 is 0 Å². The van der Waals surface area contributed by atoms with Crippen molar-refractivity contribution in [2.75, 3.05) is 79.3 Å². The minimum atomic E-state index is -1.17. The second-order valence-electron chi connectivity index (χ2n) is 32.9. The first-order valence-corrected chi connectivity index (χ1v) is 45.0. The van der Waals surface area contributed by atoms with Gasteiger partial charge >= 0.3 is 23.9 Å². The lowest BCUT2D eigenvalue weighted by Gasteiger charge is -2.43. The summed E-state index contributed by atoms with van der Waals surface area (Å²) in [6.45, 7) is 47.2. The SMILES string of the molecule is CC(=O)OC1O[C@H]2OC(C)=NC2[C@@H](C)[C@H]1C.CC(=O)OCC1O[C@@H](OCCCCCCO)C(C)[C@@H](C)[C@H]1C.CC(=O)OCC1O[C@@H](OCCCCCCOCc2ccccc2)C(C)[C@@H](C)[C@H]1C.CC(=O)OCC1O[C@@H](OCCCCCCOP(OCCC#N)N(C(C)C)C(C)C)C(C)[C@@H](C)[C@H]1C.OCCCCCCOCc1ccccc1. The Labute approximate surface area is 705 Å². The molecule has 0 aliphatic carbocycles.